The lowest BCUT2D eigenvalue weighted by Crippen LogP contribution is -2.46. The third-order valence-corrected chi connectivity index (χ3v) is 3.24. The van der Waals surface area contributed by atoms with Crippen LogP contribution in [-0.4, -0.2) is 38.3 Å². The highest BCUT2D eigenvalue weighted by molar-refractivity contribution is 5.81. The fourth-order valence-electron chi connectivity index (χ4n) is 2.04. The van der Waals surface area contributed by atoms with Crippen LogP contribution in [-0.2, 0) is 9.53 Å². The second-order valence-corrected chi connectivity index (χ2v) is 5.28. The van der Waals surface area contributed by atoms with E-state index in [2.05, 4.69) is 24.5 Å². The monoisotopic (exact) mass is 272 g/mol. The number of hydrogen-bond acceptors (Lipinski definition) is 3. The number of rotatable bonds is 12. The van der Waals surface area contributed by atoms with Gasteiger partial charge < -0.3 is 15.4 Å². The summed E-state index contributed by atoms with van der Waals surface area (Å²) >= 11 is 0. The maximum Gasteiger partial charge on any atom is 0.236 e. The fraction of sp³-hybridized carbons (Fsp3) is 0.933. The minimum atomic E-state index is -0.122. The Morgan fingerprint density at radius 2 is 1.89 bits per heavy atom. The molecule has 0 saturated heterocycles. The van der Waals surface area contributed by atoms with Crippen LogP contribution < -0.4 is 10.6 Å². The molecule has 0 aliphatic heterocycles. The molecule has 2 unspecified atom stereocenters. The van der Waals surface area contributed by atoms with Gasteiger partial charge in [-0.3, -0.25) is 4.79 Å². The first-order valence-electron chi connectivity index (χ1n) is 7.64. The Labute approximate surface area is 118 Å². The summed E-state index contributed by atoms with van der Waals surface area (Å²) in [6.07, 6.45) is 7.11. The highest BCUT2D eigenvalue weighted by Gasteiger charge is 2.14. The molecule has 19 heavy (non-hydrogen) atoms. The molecule has 0 rings (SSSR count). The summed E-state index contributed by atoms with van der Waals surface area (Å²) in [7, 11) is 1.67. The first-order chi connectivity index (χ1) is 9.11. The van der Waals surface area contributed by atoms with Crippen LogP contribution in [0.15, 0.2) is 0 Å². The van der Waals surface area contributed by atoms with Crippen molar-refractivity contribution in [3.8, 4) is 0 Å². The molecule has 1 amide bonds. The number of nitrogens with one attached hydrogen (secondary N) is 2. The van der Waals surface area contributed by atoms with E-state index in [1.165, 1.54) is 25.7 Å². The number of unbranched alkanes of at least 4 members (excludes halogenated alkanes) is 3. The summed E-state index contributed by atoms with van der Waals surface area (Å²) in [6, 6.07) is 0.278. The van der Waals surface area contributed by atoms with Crippen molar-refractivity contribution in [2.24, 2.45) is 0 Å². The van der Waals surface area contributed by atoms with Crippen molar-refractivity contribution in [1.82, 2.24) is 10.6 Å². The summed E-state index contributed by atoms with van der Waals surface area (Å²) in [5.74, 6) is 0.0801. The number of carbonyl (C=O) groups excluding carboxylic acids is 1. The molecule has 0 bridgehead atoms. The Morgan fingerprint density at radius 1 is 1.16 bits per heavy atom. The third-order valence-electron chi connectivity index (χ3n) is 3.24. The van der Waals surface area contributed by atoms with Gasteiger partial charge in [-0.2, -0.15) is 0 Å². The zero-order chi connectivity index (χ0) is 14.5. The Kier molecular flexibility index (Phi) is 12.0. The molecule has 4 heteroatoms. The molecule has 0 fully saturated rings. The summed E-state index contributed by atoms with van der Waals surface area (Å²) in [5.41, 5.74) is 0. The van der Waals surface area contributed by atoms with Gasteiger partial charge in [-0.1, -0.05) is 32.6 Å². The summed E-state index contributed by atoms with van der Waals surface area (Å²) in [5, 5.41) is 6.27. The van der Waals surface area contributed by atoms with Crippen molar-refractivity contribution in [3.63, 3.8) is 0 Å². The van der Waals surface area contributed by atoms with E-state index in [0.29, 0.717) is 19.2 Å². The number of methoxy groups -OCH3 is 1. The molecule has 0 heterocycles. The van der Waals surface area contributed by atoms with Crippen LogP contribution in [0.5, 0.6) is 0 Å². The summed E-state index contributed by atoms with van der Waals surface area (Å²) in [6.45, 7) is 7.67. The van der Waals surface area contributed by atoms with E-state index in [1.54, 1.807) is 7.11 Å². The number of amides is 1. The first kappa shape index (κ1) is 18.4. The predicted molar refractivity (Wildman–Crippen MR) is 80.3 cm³/mol. The molecule has 4 nitrogen and oxygen atoms in total. The SMILES string of the molecule is CCCCCCC(C)NC(C)C(=O)NCCCOC. The zero-order valence-corrected chi connectivity index (χ0v) is 13.1. The molecule has 0 aliphatic carbocycles. The molecular weight excluding hydrogens is 240 g/mol. The highest BCUT2D eigenvalue weighted by Crippen LogP contribution is 2.05. The maximum atomic E-state index is 11.8. The zero-order valence-electron chi connectivity index (χ0n) is 13.1. The topological polar surface area (TPSA) is 50.4 Å². The van der Waals surface area contributed by atoms with Crippen LogP contribution in [0.25, 0.3) is 0 Å². The van der Waals surface area contributed by atoms with Crippen molar-refractivity contribution < 1.29 is 9.53 Å². The van der Waals surface area contributed by atoms with Crippen molar-refractivity contribution in [2.45, 2.75) is 71.4 Å². The van der Waals surface area contributed by atoms with Crippen molar-refractivity contribution >= 4 is 5.91 Å². The van der Waals surface area contributed by atoms with E-state index in [1.807, 2.05) is 6.92 Å². The van der Waals surface area contributed by atoms with E-state index in [9.17, 15) is 4.79 Å². The average Bonchev–Trinajstić information content (AvgIpc) is 2.39. The Bertz CT molecular complexity index is 222. The van der Waals surface area contributed by atoms with Crippen LogP contribution >= 0.6 is 0 Å². The van der Waals surface area contributed by atoms with Gasteiger partial charge in [-0.05, 0) is 26.7 Å². The van der Waals surface area contributed by atoms with E-state index >= 15 is 0 Å². The van der Waals surface area contributed by atoms with Crippen molar-refractivity contribution in [3.05, 3.63) is 0 Å². The molecule has 0 aromatic heterocycles. The molecule has 0 aromatic rings. The van der Waals surface area contributed by atoms with Crippen molar-refractivity contribution in [1.29, 1.82) is 0 Å². The van der Waals surface area contributed by atoms with Gasteiger partial charge >= 0.3 is 0 Å². The fourth-order valence-corrected chi connectivity index (χ4v) is 2.04. The summed E-state index contributed by atoms with van der Waals surface area (Å²) in [4.78, 5) is 11.8. The molecule has 2 atom stereocenters. The van der Waals surface area contributed by atoms with Gasteiger partial charge in [0, 0.05) is 26.3 Å². The van der Waals surface area contributed by atoms with Crippen LogP contribution in [0.3, 0.4) is 0 Å². The van der Waals surface area contributed by atoms with Crippen LogP contribution in [0.2, 0.25) is 0 Å². The molecule has 114 valence electrons. The maximum absolute atomic E-state index is 11.8. The van der Waals surface area contributed by atoms with Gasteiger partial charge in [0.2, 0.25) is 5.91 Å². The lowest BCUT2D eigenvalue weighted by molar-refractivity contribution is -0.122. The number of hydrogen-bond donors (Lipinski definition) is 2. The van der Waals surface area contributed by atoms with E-state index in [-0.39, 0.29) is 11.9 Å². The van der Waals surface area contributed by atoms with E-state index in [0.717, 1.165) is 12.8 Å². The Balaban J connectivity index is 3.63. The molecule has 0 radical (unpaired) electrons. The van der Waals surface area contributed by atoms with Gasteiger partial charge in [-0.25, -0.2) is 0 Å². The third kappa shape index (κ3) is 11.0. The number of carbonyl (C=O) groups is 1. The van der Waals surface area contributed by atoms with Gasteiger partial charge in [0.05, 0.1) is 6.04 Å². The first-order valence-corrected chi connectivity index (χ1v) is 7.64. The summed E-state index contributed by atoms with van der Waals surface area (Å²) < 4.78 is 4.95. The van der Waals surface area contributed by atoms with Gasteiger partial charge in [0.25, 0.3) is 0 Å². The van der Waals surface area contributed by atoms with Gasteiger partial charge in [-0.15, -0.1) is 0 Å². The molecule has 0 saturated carbocycles. The Morgan fingerprint density at radius 3 is 2.53 bits per heavy atom. The molecule has 0 aliphatic rings. The van der Waals surface area contributed by atoms with Crippen molar-refractivity contribution in [2.75, 3.05) is 20.3 Å². The molecule has 2 N–H and O–H groups in total. The average molecular weight is 272 g/mol. The van der Waals surface area contributed by atoms with Crippen LogP contribution in [0, 0.1) is 0 Å². The molecule has 0 spiro atoms. The molecule has 0 aromatic carbocycles. The predicted octanol–water partition coefficient (Wildman–Crippen LogP) is 2.48. The Hall–Kier alpha value is -0.610. The minimum Gasteiger partial charge on any atom is -0.385 e. The normalized spacial score (nSPS) is 14.1. The second-order valence-electron chi connectivity index (χ2n) is 5.28. The van der Waals surface area contributed by atoms with Crippen LogP contribution in [0.1, 0.15) is 59.3 Å². The lowest BCUT2D eigenvalue weighted by Gasteiger charge is -2.19. The standard InChI is InChI=1S/C15H32N2O2/c1-5-6-7-8-10-13(2)17-14(3)15(18)16-11-9-12-19-4/h13-14,17H,5-12H2,1-4H3,(H,16,18). The minimum absolute atomic E-state index is 0.0801. The largest absolute Gasteiger partial charge is 0.385 e. The van der Waals surface area contributed by atoms with Crippen LogP contribution in [0.4, 0.5) is 0 Å². The highest BCUT2D eigenvalue weighted by atomic mass is 16.5. The number of ether oxygens (including phenoxy) is 1. The van der Waals surface area contributed by atoms with E-state index < -0.39 is 0 Å². The van der Waals surface area contributed by atoms with Gasteiger partial charge in [0.1, 0.15) is 0 Å². The lowest BCUT2D eigenvalue weighted by atomic mass is 10.1. The quantitative estimate of drug-likeness (QED) is 0.537. The van der Waals surface area contributed by atoms with E-state index in [4.69, 9.17) is 4.74 Å². The molecular formula is C15H32N2O2. The second kappa shape index (κ2) is 12.4. The van der Waals surface area contributed by atoms with Gasteiger partial charge in [0.15, 0.2) is 0 Å². The smallest absolute Gasteiger partial charge is 0.236 e.